The van der Waals surface area contributed by atoms with E-state index in [9.17, 15) is 0 Å². The van der Waals surface area contributed by atoms with Gasteiger partial charge < -0.3 is 0 Å². The molecule has 0 bridgehead atoms. The molecule has 0 aliphatic heterocycles. The second-order valence-corrected chi connectivity index (χ2v) is 5.04. The Bertz CT molecular complexity index is 185. The molecule has 1 saturated carbocycles. The summed E-state index contributed by atoms with van der Waals surface area (Å²) in [7, 11) is 0. The van der Waals surface area contributed by atoms with Crippen LogP contribution in [-0.4, -0.2) is 29.9 Å². The van der Waals surface area contributed by atoms with Crippen LogP contribution in [0.5, 0.6) is 0 Å². The highest BCUT2D eigenvalue weighted by molar-refractivity contribution is 6.19. The van der Waals surface area contributed by atoms with Gasteiger partial charge in [0.25, 0.3) is 0 Å². The average molecular weight is 216 g/mol. The van der Waals surface area contributed by atoms with Crippen molar-refractivity contribution in [3.8, 4) is 0 Å². The lowest BCUT2D eigenvalue weighted by atomic mass is 10.1. The van der Waals surface area contributed by atoms with E-state index in [0.717, 1.165) is 24.1 Å². The number of nitrogens with zero attached hydrogens (tertiary/aromatic N) is 1. The van der Waals surface area contributed by atoms with Gasteiger partial charge in [0.05, 0.1) is 0 Å². The van der Waals surface area contributed by atoms with Crippen LogP contribution in [0.1, 0.15) is 33.1 Å². The molecule has 0 heterocycles. The van der Waals surface area contributed by atoms with E-state index in [0.29, 0.717) is 5.88 Å². The molecule has 0 spiro atoms. The Morgan fingerprint density at radius 2 is 2.14 bits per heavy atom. The Balaban J connectivity index is 2.27. The first-order chi connectivity index (χ1) is 6.63. The van der Waals surface area contributed by atoms with Gasteiger partial charge in [0.15, 0.2) is 0 Å². The molecule has 1 aliphatic rings. The summed E-state index contributed by atoms with van der Waals surface area (Å²) in [6.45, 7) is 10.7. The third kappa shape index (κ3) is 4.47. The van der Waals surface area contributed by atoms with Crippen molar-refractivity contribution in [3.05, 3.63) is 12.2 Å². The normalized spacial score (nSPS) is 16.6. The van der Waals surface area contributed by atoms with Gasteiger partial charge in [0.1, 0.15) is 0 Å². The molecule has 0 aromatic rings. The minimum absolute atomic E-state index is 0.602. The summed E-state index contributed by atoms with van der Waals surface area (Å²) in [5, 5.41) is 0. The van der Waals surface area contributed by atoms with Crippen LogP contribution in [0.3, 0.4) is 0 Å². The summed E-state index contributed by atoms with van der Waals surface area (Å²) >= 11 is 5.76. The van der Waals surface area contributed by atoms with E-state index >= 15 is 0 Å². The number of alkyl halides is 1. The molecule has 0 N–H and O–H groups in total. The van der Waals surface area contributed by atoms with Crippen LogP contribution in [-0.2, 0) is 0 Å². The first-order valence-corrected chi connectivity index (χ1v) is 6.13. The number of rotatable bonds is 7. The molecule has 0 radical (unpaired) electrons. The second-order valence-electron chi connectivity index (χ2n) is 4.77. The van der Waals surface area contributed by atoms with Crippen LogP contribution in [0.2, 0.25) is 0 Å². The third-order valence-electron chi connectivity index (χ3n) is 2.67. The molecular formula is C12H22ClN. The second kappa shape index (κ2) is 5.77. The highest BCUT2D eigenvalue weighted by Crippen LogP contribution is 2.27. The van der Waals surface area contributed by atoms with E-state index in [1.54, 1.807) is 0 Å². The van der Waals surface area contributed by atoms with Crippen LogP contribution in [0.25, 0.3) is 0 Å². The van der Waals surface area contributed by atoms with E-state index in [4.69, 9.17) is 11.6 Å². The third-order valence-corrected chi connectivity index (χ3v) is 3.05. The van der Waals surface area contributed by atoms with Crippen LogP contribution < -0.4 is 0 Å². The minimum Gasteiger partial charge on any atom is -0.296 e. The zero-order chi connectivity index (χ0) is 10.6. The maximum Gasteiger partial charge on any atom is 0.0443 e. The van der Waals surface area contributed by atoms with Crippen molar-refractivity contribution in [3.63, 3.8) is 0 Å². The molecule has 1 rings (SSSR count). The van der Waals surface area contributed by atoms with E-state index in [-0.39, 0.29) is 0 Å². The highest BCUT2D eigenvalue weighted by atomic mass is 35.5. The summed E-state index contributed by atoms with van der Waals surface area (Å²) < 4.78 is 0. The average Bonchev–Trinajstić information content (AvgIpc) is 2.94. The molecule has 0 saturated heterocycles. The molecule has 14 heavy (non-hydrogen) atoms. The van der Waals surface area contributed by atoms with Crippen molar-refractivity contribution >= 4 is 11.6 Å². The van der Waals surface area contributed by atoms with Gasteiger partial charge in [0.2, 0.25) is 0 Å². The van der Waals surface area contributed by atoms with Crippen molar-refractivity contribution < 1.29 is 0 Å². The van der Waals surface area contributed by atoms with Crippen molar-refractivity contribution in [2.75, 3.05) is 19.0 Å². The topological polar surface area (TPSA) is 3.24 Å². The molecule has 2 heteroatoms. The smallest absolute Gasteiger partial charge is 0.0443 e. The molecule has 0 aromatic carbocycles. The predicted molar refractivity (Wildman–Crippen MR) is 63.9 cm³/mol. The van der Waals surface area contributed by atoms with Gasteiger partial charge in [-0.15, -0.1) is 11.6 Å². The Morgan fingerprint density at radius 3 is 2.57 bits per heavy atom. The maximum atomic E-state index is 5.76. The Hall–Kier alpha value is -0.0100. The van der Waals surface area contributed by atoms with E-state index in [2.05, 4.69) is 25.3 Å². The van der Waals surface area contributed by atoms with E-state index < -0.39 is 0 Å². The lowest BCUT2D eigenvalue weighted by molar-refractivity contribution is 0.268. The zero-order valence-corrected chi connectivity index (χ0v) is 10.2. The molecule has 1 fully saturated rings. The predicted octanol–water partition coefficient (Wildman–Crippen LogP) is 3.29. The largest absolute Gasteiger partial charge is 0.296 e. The number of halogens is 1. The standard InChI is InChI=1S/C12H22ClN/c1-10(2)6-7-14(12-4-5-12)9-11(3)8-13/h10,12H,3-9H2,1-2H3. The highest BCUT2D eigenvalue weighted by Gasteiger charge is 2.28. The lowest BCUT2D eigenvalue weighted by Crippen LogP contribution is -2.30. The Morgan fingerprint density at radius 1 is 1.50 bits per heavy atom. The molecule has 0 aromatic heterocycles. The molecule has 0 atom stereocenters. The monoisotopic (exact) mass is 215 g/mol. The van der Waals surface area contributed by atoms with Crippen LogP contribution in [0.15, 0.2) is 12.2 Å². The van der Waals surface area contributed by atoms with Crippen LogP contribution in [0.4, 0.5) is 0 Å². The summed E-state index contributed by atoms with van der Waals surface area (Å²) in [6.07, 6.45) is 4.02. The van der Waals surface area contributed by atoms with Gasteiger partial charge in [-0.2, -0.15) is 0 Å². The SMILES string of the molecule is C=C(CCl)CN(CCC(C)C)C1CC1. The van der Waals surface area contributed by atoms with Gasteiger partial charge in [0, 0.05) is 18.5 Å². The first kappa shape index (κ1) is 12.1. The molecule has 1 nitrogen and oxygen atoms in total. The molecule has 1 aliphatic carbocycles. The van der Waals surface area contributed by atoms with Gasteiger partial charge >= 0.3 is 0 Å². The van der Waals surface area contributed by atoms with Gasteiger partial charge in [-0.05, 0) is 37.3 Å². The zero-order valence-electron chi connectivity index (χ0n) is 9.43. The fourth-order valence-electron chi connectivity index (χ4n) is 1.58. The lowest BCUT2D eigenvalue weighted by Gasteiger charge is -2.23. The fraction of sp³-hybridized carbons (Fsp3) is 0.833. The fourth-order valence-corrected chi connectivity index (χ4v) is 1.67. The van der Waals surface area contributed by atoms with Crippen molar-refractivity contribution in [2.24, 2.45) is 5.92 Å². The molecule has 0 amide bonds. The van der Waals surface area contributed by atoms with Crippen LogP contribution >= 0.6 is 11.6 Å². The Labute approximate surface area is 93.1 Å². The van der Waals surface area contributed by atoms with Crippen molar-refractivity contribution in [1.29, 1.82) is 0 Å². The molecule has 0 unspecified atom stereocenters. The minimum atomic E-state index is 0.602. The van der Waals surface area contributed by atoms with Crippen molar-refractivity contribution in [1.82, 2.24) is 4.90 Å². The van der Waals surface area contributed by atoms with Crippen LogP contribution in [0, 0.1) is 5.92 Å². The number of hydrogen-bond acceptors (Lipinski definition) is 1. The summed E-state index contributed by atoms with van der Waals surface area (Å²) in [5.74, 6) is 1.39. The van der Waals surface area contributed by atoms with E-state index in [1.165, 1.54) is 25.8 Å². The molecule has 82 valence electrons. The summed E-state index contributed by atoms with van der Waals surface area (Å²) in [6, 6.07) is 0.828. The molecular weight excluding hydrogens is 194 g/mol. The van der Waals surface area contributed by atoms with Gasteiger partial charge in [-0.1, -0.05) is 20.4 Å². The van der Waals surface area contributed by atoms with E-state index in [1.807, 2.05) is 0 Å². The van der Waals surface area contributed by atoms with Gasteiger partial charge in [-0.3, -0.25) is 4.90 Å². The first-order valence-electron chi connectivity index (χ1n) is 5.60. The quantitative estimate of drug-likeness (QED) is 0.466. The summed E-state index contributed by atoms with van der Waals surface area (Å²) in [4.78, 5) is 2.55. The van der Waals surface area contributed by atoms with Crippen molar-refractivity contribution in [2.45, 2.75) is 39.2 Å². The maximum absolute atomic E-state index is 5.76. The van der Waals surface area contributed by atoms with Gasteiger partial charge in [-0.25, -0.2) is 0 Å². The number of hydrogen-bond donors (Lipinski definition) is 0. The summed E-state index contributed by atoms with van der Waals surface area (Å²) in [5.41, 5.74) is 1.15. The Kier molecular flexibility index (Phi) is 4.97.